The summed E-state index contributed by atoms with van der Waals surface area (Å²) in [6.07, 6.45) is 5.53. The number of imidazole rings is 1. The lowest BCUT2D eigenvalue weighted by Crippen LogP contribution is -2.36. The summed E-state index contributed by atoms with van der Waals surface area (Å²) < 4.78 is 8.12. The molecule has 6 rings (SSSR count). The number of likely N-dealkylation sites (tertiary alicyclic amines) is 1. The second kappa shape index (κ2) is 11.5. The van der Waals surface area contributed by atoms with Gasteiger partial charge in [-0.25, -0.2) is 9.97 Å². The number of aromatic nitrogens is 3. The number of thiophene rings is 1. The number of nitrogens with one attached hydrogen (secondary N) is 1. The summed E-state index contributed by atoms with van der Waals surface area (Å²) in [7, 11) is 2.16. The Morgan fingerprint density at radius 2 is 1.88 bits per heavy atom. The van der Waals surface area contributed by atoms with Crippen LogP contribution in [0.1, 0.15) is 41.1 Å². The van der Waals surface area contributed by atoms with Gasteiger partial charge in [0.2, 0.25) is 0 Å². The number of pyridine rings is 1. The van der Waals surface area contributed by atoms with Gasteiger partial charge < -0.3 is 20.7 Å². The molecule has 210 valence electrons. The topological polar surface area (TPSA) is 98.3 Å². The molecule has 4 heterocycles. The van der Waals surface area contributed by atoms with Crippen molar-refractivity contribution < 1.29 is 9.53 Å². The highest BCUT2D eigenvalue weighted by atomic mass is 35.5. The van der Waals surface area contributed by atoms with Crippen LogP contribution < -0.4 is 15.8 Å². The van der Waals surface area contributed by atoms with E-state index in [4.69, 9.17) is 22.1 Å². The third-order valence-corrected chi connectivity index (χ3v) is 8.98. The van der Waals surface area contributed by atoms with Crippen molar-refractivity contribution in [1.29, 1.82) is 0 Å². The number of carbonyl (C=O) groups is 1. The number of nitrogens with two attached hydrogens (primary N) is 1. The standard InChI is InChI=1S/C31H31ClN6O2S/c1-19(23-5-3-4-6-24(23)32)40-27-16-29(41-30(27)31(33)39)38-18-35-25-15-20(7-9-26(25)38)21-8-10-28(34-17-21)36-22-11-13-37(2)14-12-22/h3-10,15-19,22H,11-14H2,1-2H3,(H2,33,39)(H,34,36). The van der Waals surface area contributed by atoms with Gasteiger partial charge >= 0.3 is 0 Å². The molecule has 10 heteroatoms. The monoisotopic (exact) mass is 586 g/mol. The molecule has 1 amide bonds. The SMILES string of the molecule is CC(Oc1cc(-n2cnc3cc(-c4ccc(NC5CCN(C)CC5)nc4)ccc32)sc1C(N)=O)c1ccccc1Cl. The van der Waals surface area contributed by atoms with Crippen LogP contribution in [0, 0.1) is 0 Å². The summed E-state index contributed by atoms with van der Waals surface area (Å²) in [5.74, 6) is 0.775. The number of carbonyl (C=O) groups excluding carboxylic acids is 1. The fourth-order valence-electron chi connectivity index (χ4n) is 5.18. The maximum Gasteiger partial charge on any atom is 0.262 e. The van der Waals surface area contributed by atoms with Crippen LogP contribution in [0.3, 0.4) is 0 Å². The molecule has 3 N–H and O–H groups in total. The zero-order chi connectivity index (χ0) is 28.5. The van der Waals surface area contributed by atoms with E-state index in [1.54, 1.807) is 6.33 Å². The fraction of sp³-hybridized carbons (Fsp3) is 0.258. The van der Waals surface area contributed by atoms with Crippen molar-refractivity contribution in [2.24, 2.45) is 5.73 Å². The first-order valence-electron chi connectivity index (χ1n) is 13.6. The van der Waals surface area contributed by atoms with Gasteiger partial charge in [0.1, 0.15) is 33.9 Å². The van der Waals surface area contributed by atoms with Crippen molar-refractivity contribution in [3.05, 3.63) is 88.7 Å². The molecule has 5 aromatic rings. The average Bonchev–Trinajstić information content (AvgIpc) is 3.59. The van der Waals surface area contributed by atoms with E-state index >= 15 is 0 Å². The Kier molecular flexibility index (Phi) is 7.66. The highest BCUT2D eigenvalue weighted by molar-refractivity contribution is 7.16. The van der Waals surface area contributed by atoms with Gasteiger partial charge in [-0.3, -0.25) is 9.36 Å². The Labute approximate surface area is 247 Å². The van der Waals surface area contributed by atoms with Crippen molar-refractivity contribution in [3.63, 3.8) is 0 Å². The molecule has 0 radical (unpaired) electrons. The Hall–Kier alpha value is -3.92. The number of hydrogen-bond acceptors (Lipinski definition) is 7. The highest BCUT2D eigenvalue weighted by Crippen LogP contribution is 2.37. The molecule has 1 aliphatic heterocycles. The molecule has 0 aliphatic carbocycles. The van der Waals surface area contributed by atoms with E-state index in [9.17, 15) is 4.79 Å². The molecule has 1 fully saturated rings. The number of primary amides is 1. The van der Waals surface area contributed by atoms with Crippen LogP contribution in [-0.2, 0) is 0 Å². The average molecular weight is 587 g/mol. The maximum atomic E-state index is 12.3. The molecular formula is C31H31ClN6O2S. The lowest BCUT2D eigenvalue weighted by Gasteiger charge is -2.29. The van der Waals surface area contributed by atoms with E-state index in [-0.39, 0.29) is 6.10 Å². The molecule has 0 spiro atoms. The molecule has 0 bridgehead atoms. The maximum absolute atomic E-state index is 12.3. The van der Waals surface area contributed by atoms with Crippen molar-refractivity contribution in [2.45, 2.75) is 31.9 Å². The minimum absolute atomic E-state index is 0.345. The van der Waals surface area contributed by atoms with Gasteiger partial charge in [0.15, 0.2) is 0 Å². The number of anilines is 1. The van der Waals surface area contributed by atoms with Crippen LogP contribution in [0.5, 0.6) is 5.75 Å². The normalized spacial score (nSPS) is 15.2. The van der Waals surface area contributed by atoms with Crippen molar-refractivity contribution in [1.82, 2.24) is 19.4 Å². The van der Waals surface area contributed by atoms with Crippen LogP contribution in [0.15, 0.2) is 73.2 Å². The van der Waals surface area contributed by atoms with Crippen molar-refractivity contribution in [3.8, 4) is 21.9 Å². The van der Waals surface area contributed by atoms with Crippen LogP contribution in [-0.4, -0.2) is 51.5 Å². The first kappa shape index (κ1) is 27.3. The molecule has 1 saturated heterocycles. The van der Waals surface area contributed by atoms with Gasteiger partial charge in [-0.05, 0) is 75.8 Å². The van der Waals surface area contributed by atoms with Gasteiger partial charge in [-0.2, -0.15) is 0 Å². The van der Waals surface area contributed by atoms with E-state index in [0.717, 1.165) is 64.5 Å². The molecule has 41 heavy (non-hydrogen) atoms. The number of hydrogen-bond donors (Lipinski definition) is 2. The van der Waals surface area contributed by atoms with Crippen LogP contribution >= 0.6 is 22.9 Å². The molecule has 8 nitrogen and oxygen atoms in total. The summed E-state index contributed by atoms with van der Waals surface area (Å²) in [4.78, 5) is 24.3. The second-order valence-electron chi connectivity index (χ2n) is 10.4. The number of piperidine rings is 1. The number of amides is 1. The Morgan fingerprint density at radius 3 is 2.61 bits per heavy atom. The third kappa shape index (κ3) is 5.79. The van der Waals surface area contributed by atoms with Crippen molar-refractivity contribution in [2.75, 3.05) is 25.5 Å². The van der Waals surface area contributed by atoms with E-state index < -0.39 is 5.91 Å². The fourth-order valence-corrected chi connectivity index (χ4v) is 6.40. The zero-order valence-electron chi connectivity index (χ0n) is 22.9. The van der Waals surface area contributed by atoms with E-state index in [2.05, 4.69) is 39.4 Å². The molecule has 1 atom stereocenters. The van der Waals surface area contributed by atoms with Crippen molar-refractivity contribution >= 4 is 45.7 Å². The summed E-state index contributed by atoms with van der Waals surface area (Å²) in [5, 5.41) is 4.95. The number of benzene rings is 2. The predicted octanol–water partition coefficient (Wildman–Crippen LogP) is 6.55. The summed E-state index contributed by atoms with van der Waals surface area (Å²) in [5.41, 5.74) is 10.3. The number of rotatable bonds is 8. The quantitative estimate of drug-likeness (QED) is 0.214. The Morgan fingerprint density at radius 1 is 1.10 bits per heavy atom. The summed E-state index contributed by atoms with van der Waals surface area (Å²) in [6, 6.07) is 20.0. The first-order valence-corrected chi connectivity index (χ1v) is 14.8. The molecule has 0 saturated carbocycles. The van der Waals surface area contributed by atoms with Crippen LogP contribution in [0.4, 0.5) is 5.82 Å². The lowest BCUT2D eigenvalue weighted by molar-refractivity contribution is 0.0998. The predicted molar refractivity (Wildman–Crippen MR) is 165 cm³/mol. The minimum Gasteiger partial charge on any atom is -0.484 e. The molecule has 2 aromatic carbocycles. The van der Waals surface area contributed by atoms with Gasteiger partial charge in [0, 0.05) is 34.5 Å². The smallest absolute Gasteiger partial charge is 0.262 e. The van der Waals surface area contributed by atoms with E-state index in [0.29, 0.717) is 21.7 Å². The molecule has 1 unspecified atom stereocenters. The number of halogens is 1. The summed E-state index contributed by atoms with van der Waals surface area (Å²) >= 11 is 7.63. The van der Waals surface area contributed by atoms with Gasteiger partial charge in [0.05, 0.1) is 11.0 Å². The van der Waals surface area contributed by atoms with Gasteiger partial charge in [-0.15, -0.1) is 11.3 Å². The highest BCUT2D eigenvalue weighted by Gasteiger charge is 2.21. The first-order chi connectivity index (χ1) is 19.9. The number of nitrogens with zero attached hydrogens (tertiary/aromatic N) is 4. The van der Waals surface area contributed by atoms with Gasteiger partial charge in [0.25, 0.3) is 5.91 Å². The summed E-state index contributed by atoms with van der Waals surface area (Å²) in [6.45, 7) is 4.10. The zero-order valence-corrected chi connectivity index (χ0v) is 24.5. The third-order valence-electron chi connectivity index (χ3n) is 7.51. The van der Waals surface area contributed by atoms with E-state index in [1.807, 2.05) is 66.2 Å². The molecule has 3 aromatic heterocycles. The second-order valence-corrected chi connectivity index (χ2v) is 11.8. The Bertz CT molecular complexity index is 1690. The Balaban J connectivity index is 1.22. The van der Waals surface area contributed by atoms with E-state index in [1.165, 1.54) is 11.3 Å². The minimum atomic E-state index is -0.546. The van der Waals surface area contributed by atoms with Crippen LogP contribution in [0.25, 0.3) is 27.2 Å². The lowest BCUT2D eigenvalue weighted by atomic mass is 10.1. The number of ether oxygens (including phenoxy) is 1. The van der Waals surface area contributed by atoms with Crippen LogP contribution in [0.2, 0.25) is 5.02 Å². The number of fused-ring (bicyclic) bond motifs is 1. The largest absolute Gasteiger partial charge is 0.484 e. The molecular weight excluding hydrogens is 556 g/mol. The molecule has 1 aliphatic rings. The van der Waals surface area contributed by atoms with Gasteiger partial charge in [-0.1, -0.05) is 35.9 Å².